The average molecular weight is 609 g/mol. The van der Waals surface area contributed by atoms with Crippen molar-refractivity contribution in [2.75, 3.05) is 23.1 Å². The second-order valence-corrected chi connectivity index (χ2v) is 10.6. The summed E-state index contributed by atoms with van der Waals surface area (Å²) in [6.45, 7) is -1.70. The highest BCUT2D eigenvalue weighted by Gasteiger charge is 2.56. The van der Waals surface area contributed by atoms with E-state index >= 15 is 0 Å². The van der Waals surface area contributed by atoms with Crippen LogP contribution in [0.15, 0.2) is 54.9 Å². The summed E-state index contributed by atoms with van der Waals surface area (Å²) in [5, 5.41) is 12.1. The van der Waals surface area contributed by atoms with Crippen LogP contribution in [0.3, 0.4) is 0 Å². The van der Waals surface area contributed by atoms with E-state index in [-0.39, 0.29) is 61.3 Å². The van der Waals surface area contributed by atoms with Gasteiger partial charge in [-0.05, 0) is 68.0 Å². The number of hydrogen-bond donors (Lipinski definition) is 1. The molecule has 2 atom stereocenters. The predicted molar refractivity (Wildman–Crippen MR) is 151 cm³/mol. The van der Waals surface area contributed by atoms with E-state index in [9.17, 15) is 37.2 Å². The van der Waals surface area contributed by atoms with Gasteiger partial charge in [0, 0.05) is 30.9 Å². The zero-order chi connectivity index (χ0) is 31.4. The van der Waals surface area contributed by atoms with Gasteiger partial charge in [0.15, 0.2) is 5.54 Å². The number of nitrogens with zero attached hydrogens (tertiary/aromatic N) is 5. The van der Waals surface area contributed by atoms with Gasteiger partial charge in [0.1, 0.15) is 23.5 Å². The Kier molecular flexibility index (Phi) is 8.89. The maximum absolute atomic E-state index is 14.8. The second kappa shape index (κ2) is 12.8. The standard InChI is InChI=1S/C31H28F4N6O3/c32-10-6-23(7-11-33)39-30(44)31(9-5-20-2-1-12-38-28(20)31)41(24-16-21(34)15-22(35)17-24)29(43)25-3-4-27(42)40(25)26-14-19(18-36)8-13-37-26/h1-2,8,12-17,23,25H,3-7,9-11H2,(H,39,44)/t25-,31-/m0/s1. The first-order valence-electron chi connectivity index (χ1n) is 14.1. The van der Waals surface area contributed by atoms with Crippen LogP contribution in [0.25, 0.3) is 0 Å². The van der Waals surface area contributed by atoms with Crippen LogP contribution < -0.4 is 15.1 Å². The molecule has 44 heavy (non-hydrogen) atoms. The quantitative estimate of drug-likeness (QED) is 0.345. The summed E-state index contributed by atoms with van der Waals surface area (Å²) >= 11 is 0. The number of amides is 3. The summed E-state index contributed by atoms with van der Waals surface area (Å²) in [5.41, 5.74) is -1.41. The molecule has 2 aromatic heterocycles. The number of alkyl halides is 2. The summed E-state index contributed by atoms with van der Waals surface area (Å²) in [7, 11) is 0. The SMILES string of the molecule is N#Cc1ccnc(N2C(=O)CC[C@H]2C(=O)N(c2cc(F)cc(F)c2)[C@@]2(C(=O)NC(CCF)CCF)CCc3cccnc32)c1. The van der Waals surface area contributed by atoms with Crippen LogP contribution in [0.4, 0.5) is 29.1 Å². The Morgan fingerprint density at radius 1 is 1.07 bits per heavy atom. The van der Waals surface area contributed by atoms with Crippen molar-refractivity contribution in [2.45, 2.75) is 56.1 Å². The van der Waals surface area contributed by atoms with Gasteiger partial charge in [-0.15, -0.1) is 0 Å². The molecule has 0 bridgehead atoms. The molecule has 0 unspecified atom stereocenters. The number of hydrogen-bond acceptors (Lipinski definition) is 6. The lowest BCUT2D eigenvalue weighted by Gasteiger charge is -2.42. The van der Waals surface area contributed by atoms with Gasteiger partial charge in [-0.1, -0.05) is 6.07 Å². The number of anilines is 2. The van der Waals surface area contributed by atoms with Crippen LogP contribution in [0, 0.1) is 23.0 Å². The molecule has 228 valence electrons. The molecule has 0 radical (unpaired) electrons. The fourth-order valence-electron chi connectivity index (χ4n) is 6.02. The third kappa shape index (κ3) is 5.59. The highest BCUT2D eigenvalue weighted by Crippen LogP contribution is 2.45. The topological polar surface area (TPSA) is 119 Å². The van der Waals surface area contributed by atoms with Gasteiger partial charge in [-0.3, -0.25) is 37.9 Å². The van der Waals surface area contributed by atoms with Gasteiger partial charge in [0.25, 0.3) is 11.8 Å². The van der Waals surface area contributed by atoms with Gasteiger partial charge in [-0.25, -0.2) is 13.8 Å². The number of fused-ring (bicyclic) bond motifs is 1. The number of nitrogens with one attached hydrogen (secondary N) is 1. The van der Waals surface area contributed by atoms with Crippen molar-refractivity contribution in [3.63, 3.8) is 0 Å². The number of benzene rings is 1. The Morgan fingerprint density at radius 3 is 2.48 bits per heavy atom. The molecule has 1 fully saturated rings. The van der Waals surface area contributed by atoms with Crippen molar-refractivity contribution in [3.05, 3.63) is 83.3 Å². The number of halogens is 4. The van der Waals surface area contributed by atoms with E-state index in [1.165, 1.54) is 24.5 Å². The molecule has 3 aromatic rings. The van der Waals surface area contributed by atoms with Crippen molar-refractivity contribution < 1.29 is 31.9 Å². The number of nitriles is 1. The molecule has 1 saturated heterocycles. The van der Waals surface area contributed by atoms with E-state index in [4.69, 9.17) is 0 Å². The number of aromatic nitrogens is 2. The number of aryl methyl sites for hydroxylation is 1. The van der Waals surface area contributed by atoms with E-state index in [2.05, 4.69) is 15.3 Å². The average Bonchev–Trinajstić information content (AvgIpc) is 3.58. The lowest BCUT2D eigenvalue weighted by Crippen LogP contribution is -2.62. The molecule has 1 aliphatic carbocycles. The fourth-order valence-corrected chi connectivity index (χ4v) is 6.02. The molecule has 3 heterocycles. The largest absolute Gasteiger partial charge is 0.351 e. The Balaban J connectivity index is 1.70. The first kappa shape index (κ1) is 30.6. The number of carbonyl (C=O) groups is 3. The normalized spacial score (nSPS) is 19.1. The number of pyridine rings is 2. The molecule has 13 heteroatoms. The van der Waals surface area contributed by atoms with Gasteiger partial charge in [0.2, 0.25) is 5.91 Å². The van der Waals surface area contributed by atoms with Crippen molar-refractivity contribution in [1.82, 2.24) is 15.3 Å². The van der Waals surface area contributed by atoms with Crippen molar-refractivity contribution in [3.8, 4) is 6.07 Å². The van der Waals surface area contributed by atoms with Crippen LogP contribution in [0.2, 0.25) is 0 Å². The minimum atomic E-state index is -2.00. The molecule has 1 aliphatic heterocycles. The van der Waals surface area contributed by atoms with Gasteiger partial charge < -0.3 is 5.32 Å². The Hall–Kier alpha value is -4.86. The van der Waals surface area contributed by atoms with Gasteiger partial charge >= 0.3 is 0 Å². The molecular weight excluding hydrogens is 580 g/mol. The van der Waals surface area contributed by atoms with E-state index in [1.807, 2.05) is 6.07 Å². The zero-order valence-electron chi connectivity index (χ0n) is 23.5. The molecule has 1 aromatic carbocycles. The summed E-state index contributed by atoms with van der Waals surface area (Å²) < 4.78 is 56.2. The van der Waals surface area contributed by atoms with Gasteiger partial charge in [0.05, 0.1) is 36.4 Å². The third-order valence-electron chi connectivity index (χ3n) is 7.99. The molecule has 5 rings (SSSR count). The summed E-state index contributed by atoms with van der Waals surface area (Å²) in [6, 6.07) is 8.25. The number of carbonyl (C=O) groups excluding carboxylic acids is 3. The zero-order valence-corrected chi connectivity index (χ0v) is 23.5. The molecule has 2 aliphatic rings. The lowest BCUT2D eigenvalue weighted by atomic mass is 9.89. The minimum absolute atomic E-state index is 0.0182. The van der Waals surface area contributed by atoms with E-state index in [0.29, 0.717) is 11.6 Å². The lowest BCUT2D eigenvalue weighted by molar-refractivity contribution is -0.132. The molecular formula is C31H28F4N6O3. The van der Waals surface area contributed by atoms with Crippen LogP contribution in [-0.4, -0.2) is 53.1 Å². The van der Waals surface area contributed by atoms with Crippen molar-refractivity contribution in [1.29, 1.82) is 5.26 Å². The van der Waals surface area contributed by atoms with E-state index in [0.717, 1.165) is 21.9 Å². The molecule has 1 N–H and O–H groups in total. The highest BCUT2D eigenvalue weighted by atomic mass is 19.1. The van der Waals surface area contributed by atoms with Crippen molar-refractivity contribution in [2.24, 2.45) is 0 Å². The Bertz CT molecular complexity index is 1610. The minimum Gasteiger partial charge on any atom is -0.351 e. The first-order chi connectivity index (χ1) is 21.2. The summed E-state index contributed by atoms with van der Waals surface area (Å²) in [4.78, 5) is 53.0. The van der Waals surface area contributed by atoms with E-state index in [1.54, 1.807) is 12.1 Å². The Labute approximate surface area is 250 Å². The van der Waals surface area contributed by atoms with Gasteiger partial charge in [-0.2, -0.15) is 5.26 Å². The molecule has 3 amide bonds. The second-order valence-electron chi connectivity index (χ2n) is 10.6. The van der Waals surface area contributed by atoms with Crippen molar-refractivity contribution >= 4 is 29.2 Å². The van der Waals surface area contributed by atoms with E-state index < -0.39 is 60.3 Å². The monoisotopic (exact) mass is 608 g/mol. The maximum Gasteiger partial charge on any atom is 0.252 e. The molecule has 0 spiro atoms. The smallest absolute Gasteiger partial charge is 0.252 e. The summed E-state index contributed by atoms with van der Waals surface area (Å²) in [5.74, 6) is -4.20. The fraction of sp³-hybridized carbons (Fsp3) is 0.355. The highest BCUT2D eigenvalue weighted by molar-refractivity contribution is 6.12. The summed E-state index contributed by atoms with van der Waals surface area (Å²) in [6.07, 6.45) is 2.38. The molecule has 9 nitrogen and oxygen atoms in total. The molecule has 0 saturated carbocycles. The van der Waals surface area contributed by atoms with Crippen LogP contribution in [0.1, 0.15) is 48.9 Å². The van der Waals surface area contributed by atoms with Crippen LogP contribution >= 0.6 is 0 Å². The third-order valence-corrected chi connectivity index (χ3v) is 7.99. The Morgan fingerprint density at radius 2 is 1.80 bits per heavy atom. The maximum atomic E-state index is 14.8. The van der Waals surface area contributed by atoms with Crippen LogP contribution in [0.5, 0.6) is 0 Å². The number of rotatable bonds is 10. The first-order valence-corrected chi connectivity index (χ1v) is 14.1. The van der Waals surface area contributed by atoms with Crippen LogP contribution in [-0.2, 0) is 26.3 Å². The predicted octanol–water partition coefficient (Wildman–Crippen LogP) is 4.20.